The molecular weight excluding hydrogens is 414 g/mol. The molecule has 0 spiro atoms. The molecule has 0 aliphatic carbocycles. The summed E-state index contributed by atoms with van der Waals surface area (Å²) >= 11 is 1.25. The predicted octanol–water partition coefficient (Wildman–Crippen LogP) is 4.83. The highest BCUT2D eigenvalue weighted by atomic mass is 32.2. The van der Waals surface area contributed by atoms with Crippen LogP contribution in [0.5, 0.6) is 0 Å². The third-order valence-electron chi connectivity index (χ3n) is 4.94. The average Bonchev–Trinajstić information content (AvgIpc) is 3.10. The zero-order valence-corrected chi connectivity index (χ0v) is 17.6. The van der Waals surface area contributed by atoms with E-state index in [1.807, 2.05) is 35.8 Å². The Labute approximate surface area is 182 Å². The number of hydrogen-bond acceptors (Lipinski definition) is 7. The minimum Gasteiger partial charge on any atom is -0.320 e. The third-order valence-corrected chi connectivity index (χ3v) is 6.16. The first kappa shape index (κ1) is 20.7. The molecule has 0 radical (unpaired) electrons. The molecule has 2 aromatic heterocycles. The molecule has 0 fully saturated rings. The minimum absolute atomic E-state index is 0.0507. The van der Waals surface area contributed by atoms with Gasteiger partial charge in [0.2, 0.25) is 5.16 Å². The van der Waals surface area contributed by atoms with Gasteiger partial charge in [-0.3, -0.25) is 14.9 Å². The number of aromatic nitrogens is 4. The van der Waals surface area contributed by atoms with Gasteiger partial charge in [0.25, 0.3) is 5.69 Å². The van der Waals surface area contributed by atoms with Gasteiger partial charge in [0, 0.05) is 29.6 Å². The number of nitro benzene ring substituents is 1. The summed E-state index contributed by atoms with van der Waals surface area (Å²) in [6.07, 6.45) is 2.35. The van der Waals surface area contributed by atoms with Gasteiger partial charge >= 0.3 is 0 Å². The summed E-state index contributed by atoms with van der Waals surface area (Å²) < 4.78 is 2.02. The molecule has 4 rings (SSSR count). The molecule has 0 bridgehead atoms. The van der Waals surface area contributed by atoms with Gasteiger partial charge in [0.05, 0.1) is 15.7 Å². The van der Waals surface area contributed by atoms with E-state index in [9.17, 15) is 14.9 Å². The number of fused-ring (bicyclic) bond motifs is 3. The van der Waals surface area contributed by atoms with Crippen LogP contribution in [0.15, 0.2) is 66.3 Å². The minimum atomic E-state index is -0.489. The van der Waals surface area contributed by atoms with E-state index in [1.165, 1.54) is 36.0 Å². The van der Waals surface area contributed by atoms with Gasteiger partial charge in [-0.15, -0.1) is 16.8 Å². The number of para-hydroxylation sites is 1. The Morgan fingerprint density at radius 2 is 1.97 bits per heavy atom. The number of non-ortho nitro benzene ring substituents is 1. The maximum atomic E-state index is 13.0. The molecule has 0 aliphatic rings. The highest BCUT2D eigenvalue weighted by Crippen LogP contribution is 2.30. The number of carbonyl (C=O) groups excluding carboxylic acids is 1. The highest BCUT2D eigenvalue weighted by molar-refractivity contribution is 8.00. The summed E-state index contributed by atoms with van der Waals surface area (Å²) in [5.74, 6) is -0.127. The monoisotopic (exact) mass is 433 g/mol. The number of benzene rings is 2. The second kappa shape index (κ2) is 8.65. The van der Waals surface area contributed by atoms with Crippen LogP contribution in [0.1, 0.15) is 23.7 Å². The first-order valence-electron chi connectivity index (χ1n) is 9.71. The Kier molecular flexibility index (Phi) is 5.77. The van der Waals surface area contributed by atoms with Crippen LogP contribution in [0.2, 0.25) is 0 Å². The number of carbonyl (C=O) groups is 1. The fourth-order valence-electron chi connectivity index (χ4n) is 3.44. The number of hydrogen-bond donors (Lipinski definition) is 0. The summed E-state index contributed by atoms with van der Waals surface area (Å²) in [4.78, 5) is 28.0. The van der Waals surface area contributed by atoms with Gasteiger partial charge in [-0.2, -0.15) is 0 Å². The molecule has 4 aromatic rings. The molecular formula is C22H19N5O3S. The van der Waals surface area contributed by atoms with Crippen molar-refractivity contribution in [3.05, 3.63) is 76.9 Å². The van der Waals surface area contributed by atoms with Crippen LogP contribution in [0.4, 0.5) is 5.69 Å². The number of Topliss-reactive ketones (excluding diaryl/α,β-unsaturated/α-hetero) is 1. The molecule has 0 amide bonds. The smallest absolute Gasteiger partial charge is 0.269 e. The van der Waals surface area contributed by atoms with Gasteiger partial charge < -0.3 is 4.57 Å². The molecule has 0 aliphatic heterocycles. The van der Waals surface area contributed by atoms with Gasteiger partial charge in [-0.1, -0.05) is 43.0 Å². The summed E-state index contributed by atoms with van der Waals surface area (Å²) in [5, 5.41) is 20.4. The molecule has 156 valence electrons. The van der Waals surface area contributed by atoms with Crippen molar-refractivity contribution in [2.45, 2.75) is 30.3 Å². The summed E-state index contributed by atoms with van der Waals surface area (Å²) in [5.41, 5.74) is 2.76. The van der Waals surface area contributed by atoms with Crippen LogP contribution < -0.4 is 0 Å². The zero-order chi connectivity index (χ0) is 22.0. The van der Waals surface area contributed by atoms with Crippen LogP contribution in [0, 0.1) is 10.1 Å². The lowest BCUT2D eigenvalue weighted by Gasteiger charge is -2.12. The first-order valence-corrected chi connectivity index (χ1v) is 10.6. The van der Waals surface area contributed by atoms with E-state index in [0.29, 0.717) is 34.8 Å². The SMILES string of the molecule is C=CCn1c2ccccc2c2nnc(S[C@@H](CC)C(=O)c3ccc([N+](=O)[O-])cc3)nc21. The maximum Gasteiger partial charge on any atom is 0.269 e. The van der Waals surface area contributed by atoms with Crippen molar-refractivity contribution in [1.82, 2.24) is 19.7 Å². The Bertz CT molecular complexity index is 1300. The molecule has 2 heterocycles. The van der Waals surface area contributed by atoms with Crippen LogP contribution in [0.3, 0.4) is 0 Å². The lowest BCUT2D eigenvalue weighted by atomic mass is 10.1. The second-order valence-corrected chi connectivity index (χ2v) is 8.04. The van der Waals surface area contributed by atoms with E-state index in [1.54, 1.807) is 6.08 Å². The number of nitrogens with zero attached hydrogens (tertiary/aromatic N) is 5. The van der Waals surface area contributed by atoms with Crippen molar-refractivity contribution in [2.75, 3.05) is 0 Å². The van der Waals surface area contributed by atoms with Crippen molar-refractivity contribution >= 4 is 45.3 Å². The summed E-state index contributed by atoms with van der Waals surface area (Å²) in [6, 6.07) is 13.5. The molecule has 0 saturated carbocycles. The summed E-state index contributed by atoms with van der Waals surface area (Å²) in [7, 11) is 0. The number of rotatable bonds is 8. The fourth-order valence-corrected chi connectivity index (χ4v) is 4.33. The second-order valence-electron chi connectivity index (χ2n) is 6.87. The normalized spacial score (nSPS) is 12.2. The maximum absolute atomic E-state index is 13.0. The van der Waals surface area contributed by atoms with E-state index >= 15 is 0 Å². The molecule has 0 N–H and O–H groups in total. The quantitative estimate of drug-likeness (QED) is 0.129. The van der Waals surface area contributed by atoms with Crippen LogP contribution in [0.25, 0.3) is 22.1 Å². The van der Waals surface area contributed by atoms with Crippen molar-refractivity contribution in [2.24, 2.45) is 0 Å². The van der Waals surface area contributed by atoms with E-state index < -0.39 is 10.2 Å². The third kappa shape index (κ3) is 3.91. The Hall–Kier alpha value is -3.59. The van der Waals surface area contributed by atoms with Gasteiger partial charge in [0.15, 0.2) is 11.4 Å². The van der Waals surface area contributed by atoms with Crippen molar-refractivity contribution in [1.29, 1.82) is 0 Å². The molecule has 31 heavy (non-hydrogen) atoms. The van der Waals surface area contributed by atoms with E-state index in [2.05, 4.69) is 16.8 Å². The lowest BCUT2D eigenvalue weighted by Crippen LogP contribution is -2.17. The van der Waals surface area contributed by atoms with Crippen molar-refractivity contribution in [3.63, 3.8) is 0 Å². The molecule has 0 saturated heterocycles. The van der Waals surface area contributed by atoms with E-state index in [-0.39, 0.29) is 11.5 Å². The van der Waals surface area contributed by atoms with Gasteiger partial charge in [-0.05, 0) is 24.6 Å². The number of ketones is 1. The van der Waals surface area contributed by atoms with E-state index in [0.717, 1.165) is 10.9 Å². The number of allylic oxidation sites excluding steroid dienone is 1. The Morgan fingerprint density at radius 1 is 1.23 bits per heavy atom. The predicted molar refractivity (Wildman–Crippen MR) is 120 cm³/mol. The highest BCUT2D eigenvalue weighted by Gasteiger charge is 2.23. The number of nitro groups is 1. The standard InChI is InChI=1S/C22H19N5O3S/c1-3-13-26-17-8-6-5-7-16(17)19-21(26)23-22(25-24-19)31-18(4-2)20(28)14-9-11-15(12-10-14)27(29)30/h3,5-12,18H,1,4,13H2,2H3/t18-/m0/s1. The van der Waals surface area contributed by atoms with Crippen molar-refractivity contribution < 1.29 is 9.72 Å². The number of thioether (sulfide) groups is 1. The van der Waals surface area contributed by atoms with E-state index in [4.69, 9.17) is 4.98 Å². The first-order chi connectivity index (χ1) is 15.0. The van der Waals surface area contributed by atoms with Crippen molar-refractivity contribution in [3.8, 4) is 0 Å². The van der Waals surface area contributed by atoms with Gasteiger partial charge in [-0.25, -0.2) is 4.98 Å². The molecule has 1 atom stereocenters. The summed E-state index contributed by atoms with van der Waals surface area (Å²) in [6.45, 7) is 6.31. The largest absolute Gasteiger partial charge is 0.320 e. The Morgan fingerprint density at radius 3 is 2.65 bits per heavy atom. The molecule has 0 unspecified atom stereocenters. The average molecular weight is 433 g/mol. The topological polar surface area (TPSA) is 104 Å². The van der Waals surface area contributed by atoms with Gasteiger partial charge in [0.1, 0.15) is 5.52 Å². The molecule has 2 aromatic carbocycles. The van der Waals surface area contributed by atoms with Crippen LogP contribution >= 0.6 is 11.8 Å². The zero-order valence-electron chi connectivity index (χ0n) is 16.8. The molecule has 9 heteroatoms. The van der Waals surface area contributed by atoms with Crippen LogP contribution in [-0.4, -0.2) is 35.7 Å². The molecule has 8 nitrogen and oxygen atoms in total. The lowest BCUT2D eigenvalue weighted by molar-refractivity contribution is -0.384. The Balaban J connectivity index is 1.66. The fraction of sp³-hybridized carbons (Fsp3) is 0.182. The van der Waals surface area contributed by atoms with Crippen LogP contribution in [-0.2, 0) is 6.54 Å².